The molecule has 2 N–H and O–H groups in total. The van der Waals surface area contributed by atoms with Gasteiger partial charge in [0.1, 0.15) is 6.54 Å². The highest BCUT2D eigenvalue weighted by atomic mass is 16.2. The number of likely N-dealkylation sites (N-methyl/N-ethyl adjacent to an activating group) is 1. The minimum Gasteiger partial charge on any atom is -0.356 e. The van der Waals surface area contributed by atoms with Gasteiger partial charge < -0.3 is 20.4 Å². The van der Waals surface area contributed by atoms with E-state index in [1.165, 1.54) is 31.2 Å². The van der Waals surface area contributed by atoms with E-state index in [9.17, 15) is 4.79 Å². The highest BCUT2D eigenvalue weighted by Gasteiger charge is 2.34. The lowest BCUT2D eigenvalue weighted by atomic mass is 9.85. The molecule has 6 nitrogen and oxygen atoms in total. The van der Waals surface area contributed by atoms with Crippen LogP contribution < -0.4 is 10.6 Å². The van der Waals surface area contributed by atoms with Crippen LogP contribution in [0.2, 0.25) is 0 Å². The highest BCUT2D eigenvalue weighted by molar-refractivity contribution is 5.85. The minimum atomic E-state index is -0.00247. The zero-order chi connectivity index (χ0) is 20.6. The quantitative estimate of drug-likeness (QED) is 0.531. The molecular formula is C22H37N5O. The molecule has 0 bridgehead atoms. The molecule has 28 heavy (non-hydrogen) atoms. The first-order valence-corrected chi connectivity index (χ1v) is 10.3. The van der Waals surface area contributed by atoms with Crippen molar-refractivity contribution in [1.82, 2.24) is 20.4 Å². The van der Waals surface area contributed by atoms with E-state index in [0.717, 1.165) is 13.1 Å². The normalized spacial score (nSPS) is 17.4. The molecule has 0 saturated heterocycles. The monoisotopic (exact) mass is 387 g/mol. The highest BCUT2D eigenvalue weighted by Crippen LogP contribution is 2.37. The maximum Gasteiger partial charge on any atom is 0.243 e. The second kappa shape index (κ2) is 10.5. The molecule has 1 fully saturated rings. The Labute approximate surface area is 170 Å². The zero-order valence-corrected chi connectivity index (χ0v) is 18.2. The van der Waals surface area contributed by atoms with E-state index in [4.69, 9.17) is 0 Å². The van der Waals surface area contributed by atoms with Crippen molar-refractivity contribution in [3.05, 3.63) is 35.9 Å². The summed E-state index contributed by atoms with van der Waals surface area (Å²) in [5.41, 5.74) is 1.47. The van der Waals surface area contributed by atoms with Gasteiger partial charge in [0.05, 0.1) is 6.04 Å². The summed E-state index contributed by atoms with van der Waals surface area (Å²) in [5, 5.41) is 7.02. The number of hydrogen-bond acceptors (Lipinski definition) is 3. The molecule has 1 amide bonds. The molecule has 0 heterocycles. The third-order valence-corrected chi connectivity index (χ3v) is 5.47. The zero-order valence-electron chi connectivity index (χ0n) is 18.2. The van der Waals surface area contributed by atoms with E-state index in [0.29, 0.717) is 5.96 Å². The lowest BCUT2D eigenvalue weighted by molar-refractivity contribution is -0.127. The average Bonchev–Trinajstić information content (AvgIpc) is 3.12. The van der Waals surface area contributed by atoms with E-state index < -0.39 is 0 Å². The van der Waals surface area contributed by atoms with Gasteiger partial charge in [-0.1, -0.05) is 43.2 Å². The SMILES string of the molecule is CC(NC(=NCC(=O)N(C)C)NCC1(CN(C)C)CCCC1)c1ccccc1. The van der Waals surface area contributed by atoms with Crippen LogP contribution in [-0.4, -0.2) is 69.5 Å². The van der Waals surface area contributed by atoms with Crippen LogP contribution in [0.3, 0.4) is 0 Å². The van der Waals surface area contributed by atoms with Gasteiger partial charge in [0, 0.05) is 32.6 Å². The van der Waals surface area contributed by atoms with E-state index >= 15 is 0 Å². The number of nitrogens with zero attached hydrogens (tertiary/aromatic N) is 3. The Kier molecular flexibility index (Phi) is 8.30. The molecule has 156 valence electrons. The van der Waals surface area contributed by atoms with Crippen LogP contribution in [0.25, 0.3) is 0 Å². The van der Waals surface area contributed by atoms with E-state index in [2.05, 4.69) is 53.7 Å². The summed E-state index contributed by atoms with van der Waals surface area (Å²) in [6.45, 7) is 4.20. The second-order valence-corrected chi connectivity index (χ2v) is 8.53. The Morgan fingerprint density at radius 2 is 1.79 bits per heavy atom. The fourth-order valence-corrected chi connectivity index (χ4v) is 3.93. The van der Waals surface area contributed by atoms with Crippen LogP contribution in [0.15, 0.2) is 35.3 Å². The van der Waals surface area contributed by atoms with Gasteiger partial charge in [0.15, 0.2) is 5.96 Å². The molecule has 1 aliphatic rings. The summed E-state index contributed by atoms with van der Waals surface area (Å²) >= 11 is 0. The van der Waals surface area contributed by atoms with E-state index in [1.54, 1.807) is 19.0 Å². The van der Waals surface area contributed by atoms with Crippen LogP contribution in [-0.2, 0) is 4.79 Å². The van der Waals surface area contributed by atoms with Gasteiger partial charge in [-0.05, 0) is 39.4 Å². The van der Waals surface area contributed by atoms with E-state index in [-0.39, 0.29) is 23.9 Å². The molecule has 1 aromatic carbocycles. The summed E-state index contributed by atoms with van der Waals surface area (Å²) in [4.78, 5) is 20.5. The summed E-state index contributed by atoms with van der Waals surface area (Å²) in [6, 6.07) is 10.4. The van der Waals surface area contributed by atoms with Crippen molar-refractivity contribution < 1.29 is 4.79 Å². The predicted octanol–water partition coefficient (Wildman–Crippen LogP) is 2.49. The standard InChI is InChI=1S/C22H37N5O/c1-18(19-11-7-6-8-12-19)25-21(23-15-20(28)27(4)5)24-16-22(17-26(2)3)13-9-10-14-22/h6-8,11-12,18H,9-10,13-17H2,1-5H3,(H2,23,24,25). The van der Waals surface area contributed by atoms with Gasteiger partial charge in [-0.15, -0.1) is 0 Å². The number of guanidine groups is 1. The molecule has 2 rings (SSSR count). The smallest absolute Gasteiger partial charge is 0.243 e. The molecule has 1 aliphatic carbocycles. The van der Waals surface area contributed by atoms with Crippen LogP contribution in [0.4, 0.5) is 0 Å². The largest absolute Gasteiger partial charge is 0.356 e. The van der Waals surface area contributed by atoms with Crippen molar-refractivity contribution in [2.45, 2.75) is 38.6 Å². The lowest BCUT2D eigenvalue weighted by Crippen LogP contribution is -2.47. The number of amides is 1. The van der Waals surface area contributed by atoms with Crippen molar-refractivity contribution >= 4 is 11.9 Å². The number of rotatable bonds is 8. The van der Waals surface area contributed by atoms with Gasteiger partial charge in [0.2, 0.25) is 5.91 Å². The lowest BCUT2D eigenvalue weighted by Gasteiger charge is -2.33. The Morgan fingerprint density at radius 1 is 1.14 bits per heavy atom. The molecule has 1 saturated carbocycles. The molecule has 0 aliphatic heterocycles. The number of nitrogens with one attached hydrogen (secondary N) is 2. The summed E-state index contributed by atoms with van der Waals surface area (Å²) < 4.78 is 0. The van der Waals surface area contributed by atoms with E-state index in [1.807, 2.05) is 18.2 Å². The van der Waals surface area contributed by atoms with Crippen LogP contribution >= 0.6 is 0 Å². The topological polar surface area (TPSA) is 60.0 Å². The summed E-state index contributed by atoms with van der Waals surface area (Å²) in [5.74, 6) is 0.703. The van der Waals surface area contributed by atoms with Crippen LogP contribution in [0.1, 0.15) is 44.2 Å². The maximum atomic E-state index is 12.0. The first-order valence-electron chi connectivity index (χ1n) is 10.3. The third kappa shape index (κ3) is 6.82. The fourth-order valence-electron chi connectivity index (χ4n) is 3.93. The Balaban J connectivity index is 2.08. The molecule has 0 radical (unpaired) electrons. The van der Waals surface area contributed by atoms with Gasteiger partial charge in [0.25, 0.3) is 0 Å². The predicted molar refractivity (Wildman–Crippen MR) is 116 cm³/mol. The molecular weight excluding hydrogens is 350 g/mol. The minimum absolute atomic E-state index is 0.00247. The molecule has 1 atom stereocenters. The number of carbonyl (C=O) groups is 1. The maximum absolute atomic E-state index is 12.0. The van der Waals surface area contributed by atoms with Gasteiger partial charge in [-0.3, -0.25) is 4.79 Å². The number of benzene rings is 1. The Morgan fingerprint density at radius 3 is 2.36 bits per heavy atom. The van der Waals surface area contributed by atoms with Gasteiger partial charge >= 0.3 is 0 Å². The Bertz CT molecular complexity index is 636. The van der Waals surface area contributed by atoms with Crippen molar-refractivity contribution in [2.75, 3.05) is 47.8 Å². The van der Waals surface area contributed by atoms with Crippen molar-refractivity contribution in [2.24, 2.45) is 10.4 Å². The third-order valence-electron chi connectivity index (χ3n) is 5.47. The first kappa shape index (κ1) is 22.2. The van der Waals surface area contributed by atoms with Crippen molar-refractivity contribution in [1.29, 1.82) is 0 Å². The van der Waals surface area contributed by atoms with Gasteiger partial charge in [-0.2, -0.15) is 0 Å². The molecule has 1 aromatic rings. The van der Waals surface area contributed by atoms with Gasteiger partial charge in [-0.25, -0.2) is 4.99 Å². The first-order chi connectivity index (χ1) is 13.3. The fraction of sp³-hybridized carbons (Fsp3) is 0.636. The molecule has 6 heteroatoms. The summed E-state index contributed by atoms with van der Waals surface area (Å²) in [6.07, 6.45) is 5.04. The van der Waals surface area contributed by atoms with Crippen LogP contribution in [0, 0.1) is 5.41 Å². The van der Waals surface area contributed by atoms with Crippen molar-refractivity contribution in [3.63, 3.8) is 0 Å². The molecule has 1 unspecified atom stereocenters. The van der Waals surface area contributed by atoms with Crippen molar-refractivity contribution in [3.8, 4) is 0 Å². The number of hydrogen-bond donors (Lipinski definition) is 2. The molecule has 0 aromatic heterocycles. The Hall–Kier alpha value is -2.08. The summed E-state index contributed by atoms with van der Waals surface area (Å²) in [7, 11) is 7.80. The average molecular weight is 388 g/mol. The number of aliphatic imine (C=N–C) groups is 1. The second-order valence-electron chi connectivity index (χ2n) is 8.53. The molecule has 0 spiro atoms. The number of carbonyl (C=O) groups excluding carboxylic acids is 1. The van der Waals surface area contributed by atoms with Crippen LogP contribution in [0.5, 0.6) is 0 Å².